The van der Waals surface area contributed by atoms with Crippen LogP contribution in [0.5, 0.6) is 0 Å². The first-order valence-corrected chi connectivity index (χ1v) is 8.24. The summed E-state index contributed by atoms with van der Waals surface area (Å²) < 4.78 is 0. The number of benzene rings is 1. The van der Waals surface area contributed by atoms with Gasteiger partial charge in [0.25, 0.3) is 0 Å². The molecule has 1 heterocycles. The summed E-state index contributed by atoms with van der Waals surface area (Å²) in [5.41, 5.74) is 0.760. The number of amides is 3. The molecule has 1 aliphatic heterocycles. The van der Waals surface area contributed by atoms with E-state index in [4.69, 9.17) is 0 Å². The van der Waals surface area contributed by atoms with E-state index in [0.29, 0.717) is 19.5 Å². The van der Waals surface area contributed by atoms with Crippen LogP contribution in [-0.4, -0.2) is 49.6 Å². The van der Waals surface area contributed by atoms with Crippen molar-refractivity contribution in [2.75, 3.05) is 32.0 Å². The molecule has 7 heteroatoms. The quantitative estimate of drug-likeness (QED) is 0.733. The van der Waals surface area contributed by atoms with Crippen molar-refractivity contribution in [1.29, 1.82) is 0 Å². The van der Waals surface area contributed by atoms with Gasteiger partial charge in [-0.25, -0.2) is 4.79 Å². The largest absolute Gasteiger partial charge is 0.338 e. The van der Waals surface area contributed by atoms with Gasteiger partial charge in [0.15, 0.2) is 0 Å². The van der Waals surface area contributed by atoms with Gasteiger partial charge in [0.1, 0.15) is 0 Å². The molecule has 0 radical (unpaired) electrons. The molecule has 3 amide bonds. The number of para-hydroxylation sites is 1. The Morgan fingerprint density at radius 3 is 2.67 bits per heavy atom. The molecule has 2 rings (SSSR count). The number of hydrogen-bond acceptors (Lipinski definition) is 3. The standard InChI is InChI=1S/C17H26N4O2.ClH/c1-18-11-10-16(22)21-12-6-5-9-15(21)13-19-17(23)20-14-7-3-2-4-8-14;/h2-4,7-8,15,18H,5-6,9-13H2,1H3,(H2,19,20,23);1H. The van der Waals surface area contributed by atoms with Crippen LogP contribution in [0.25, 0.3) is 0 Å². The highest BCUT2D eigenvalue weighted by Gasteiger charge is 2.26. The van der Waals surface area contributed by atoms with Gasteiger partial charge in [-0.3, -0.25) is 4.79 Å². The molecule has 24 heavy (non-hydrogen) atoms. The van der Waals surface area contributed by atoms with Crippen LogP contribution in [0.15, 0.2) is 30.3 Å². The summed E-state index contributed by atoms with van der Waals surface area (Å²) in [5, 5.41) is 8.68. The highest BCUT2D eigenvalue weighted by molar-refractivity contribution is 5.89. The summed E-state index contributed by atoms with van der Waals surface area (Å²) in [6.45, 7) is 1.96. The summed E-state index contributed by atoms with van der Waals surface area (Å²) in [6, 6.07) is 9.19. The average Bonchev–Trinajstić information content (AvgIpc) is 2.59. The molecule has 1 fully saturated rings. The van der Waals surface area contributed by atoms with E-state index in [9.17, 15) is 9.59 Å². The van der Waals surface area contributed by atoms with Crippen LogP contribution in [0, 0.1) is 0 Å². The van der Waals surface area contributed by atoms with Gasteiger partial charge in [0, 0.05) is 37.8 Å². The number of anilines is 1. The van der Waals surface area contributed by atoms with Gasteiger partial charge in [-0.2, -0.15) is 0 Å². The predicted octanol–water partition coefficient (Wildman–Crippen LogP) is 2.22. The van der Waals surface area contributed by atoms with Crippen molar-refractivity contribution >= 4 is 30.0 Å². The Hall–Kier alpha value is -1.79. The van der Waals surface area contributed by atoms with Crippen LogP contribution in [0.4, 0.5) is 10.5 Å². The lowest BCUT2D eigenvalue weighted by Crippen LogP contribution is -2.50. The first-order valence-electron chi connectivity index (χ1n) is 8.24. The molecular formula is C17H27ClN4O2. The Bertz CT molecular complexity index is 513. The number of likely N-dealkylation sites (tertiary alicyclic amines) is 1. The zero-order valence-corrected chi connectivity index (χ0v) is 14.9. The van der Waals surface area contributed by atoms with E-state index < -0.39 is 0 Å². The number of nitrogens with one attached hydrogen (secondary N) is 3. The second-order valence-corrected chi connectivity index (χ2v) is 5.79. The number of carbonyl (C=O) groups is 2. The molecule has 134 valence electrons. The Balaban J connectivity index is 0.00000288. The lowest BCUT2D eigenvalue weighted by molar-refractivity contribution is -0.134. The van der Waals surface area contributed by atoms with Gasteiger partial charge < -0.3 is 20.9 Å². The van der Waals surface area contributed by atoms with Crippen LogP contribution >= 0.6 is 12.4 Å². The zero-order valence-electron chi connectivity index (χ0n) is 14.1. The van der Waals surface area contributed by atoms with Crippen LogP contribution in [0.1, 0.15) is 25.7 Å². The highest BCUT2D eigenvalue weighted by Crippen LogP contribution is 2.17. The first-order chi connectivity index (χ1) is 11.2. The number of halogens is 1. The number of nitrogens with zero attached hydrogens (tertiary/aromatic N) is 1. The van der Waals surface area contributed by atoms with E-state index in [-0.39, 0.29) is 30.4 Å². The number of urea groups is 1. The van der Waals surface area contributed by atoms with Crippen molar-refractivity contribution < 1.29 is 9.59 Å². The van der Waals surface area contributed by atoms with Crippen LogP contribution in [0.3, 0.4) is 0 Å². The van der Waals surface area contributed by atoms with Gasteiger partial charge in [-0.15, -0.1) is 12.4 Å². The molecule has 3 N–H and O–H groups in total. The minimum atomic E-state index is -0.232. The molecule has 1 aromatic carbocycles. The molecule has 0 spiro atoms. The molecule has 1 aliphatic rings. The third-order valence-corrected chi connectivity index (χ3v) is 4.07. The monoisotopic (exact) mass is 354 g/mol. The van der Waals surface area contributed by atoms with E-state index in [1.165, 1.54) is 0 Å². The smallest absolute Gasteiger partial charge is 0.319 e. The van der Waals surface area contributed by atoms with E-state index in [2.05, 4.69) is 16.0 Å². The van der Waals surface area contributed by atoms with Crippen LogP contribution in [-0.2, 0) is 4.79 Å². The molecule has 1 saturated heterocycles. The Morgan fingerprint density at radius 2 is 1.96 bits per heavy atom. The second-order valence-electron chi connectivity index (χ2n) is 5.79. The highest BCUT2D eigenvalue weighted by atomic mass is 35.5. The lowest BCUT2D eigenvalue weighted by Gasteiger charge is -2.36. The van der Waals surface area contributed by atoms with E-state index >= 15 is 0 Å². The lowest BCUT2D eigenvalue weighted by atomic mass is 10.0. The molecule has 0 bridgehead atoms. The SMILES string of the molecule is CNCCC(=O)N1CCCCC1CNC(=O)Nc1ccccc1.Cl. The molecule has 0 aromatic heterocycles. The first kappa shape index (κ1) is 20.3. The topological polar surface area (TPSA) is 73.5 Å². The molecule has 0 saturated carbocycles. The molecular weight excluding hydrogens is 328 g/mol. The summed E-state index contributed by atoms with van der Waals surface area (Å²) in [4.78, 5) is 26.1. The van der Waals surface area contributed by atoms with Crippen LogP contribution < -0.4 is 16.0 Å². The number of rotatable bonds is 6. The van der Waals surface area contributed by atoms with Crippen LogP contribution in [0.2, 0.25) is 0 Å². The predicted molar refractivity (Wildman–Crippen MR) is 98.6 cm³/mol. The minimum Gasteiger partial charge on any atom is -0.338 e. The minimum absolute atomic E-state index is 0. The normalized spacial score (nSPS) is 16.9. The van der Waals surface area contributed by atoms with Gasteiger partial charge in [0.05, 0.1) is 0 Å². The maximum Gasteiger partial charge on any atom is 0.319 e. The molecule has 1 aromatic rings. The van der Waals surface area contributed by atoms with E-state index in [0.717, 1.165) is 31.5 Å². The number of piperidine rings is 1. The summed E-state index contributed by atoms with van der Waals surface area (Å²) in [7, 11) is 1.84. The zero-order chi connectivity index (χ0) is 16.5. The van der Waals surface area contributed by atoms with Crippen molar-refractivity contribution in [3.8, 4) is 0 Å². The maximum atomic E-state index is 12.3. The van der Waals surface area contributed by atoms with Gasteiger partial charge >= 0.3 is 6.03 Å². The fraction of sp³-hybridized carbons (Fsp3) is 0.529. The number of carbonyl (C=O) groups excluding carboxylic acids is 2. The van der Waals surface area contributed by atoms with Gasteiger partial charge in [0.2, 0.25) is 5.91 Å². The number of hydrogen-bond donors (Lipinski definition) is 3. The maximum absolute atomic E-state index is 12.3. The van der Waals surface area contributed by atoms with Gasteiger partial charge in [-0.05, 0) is 38.4 Å². The molecule has 0 aliphatic carbocycles. The fourth-order valence-corrected chi connectivity index (χ4v) is 2.82. The third-order valence-electron chi connectivity index (χ3n) is 4.07. The molecule has 6 nitrogen and oxygen atoms in total. The van der Waals surface area contributed by atoms with Gasteiger partial charge in [-0.1, -0.05) is 18.2 Å². The Labute approximate surface area is 149 Å². The molecule has 1 atom stereocenters. The summed E-state index contributed by atoms with van der Waals surface area (Å²) in [6.07, 6.45) is 3.58. The Morgan fingerprint density at radius 1 is 1.21 bits per heavy atom. The average molecular weight is 355 g/mol. The van der Waals surface area contributed by atoms with Crippen molar-refractivity contribution in [1.82, 2.24) is 15.5 Å². The second kappa shape index (κ2) is 10.9. The Kier molecular flexibility index (Phi) is 9.19. The van der Waals surface area contributed by atoms with E-state index in [1.807, 2.05) is 42.3 Å². The van der Waals surface area contributed by atoms with Crippen molar-refractivity contribution in [2.45, 2.75) is 31.7 Å². The summed E-state index contributed by atoms with van der Waals surface area (Å²) in [5.74, 6) is 0.161. The third kappa shape index (κ3) is 6.37. The van der Waals surface area contributed by atoms with Crippen molar-refractivity contribution in [3.05, 3.63) is 30.3 Å². The fourth-order valence-electron chi connectivity index (χ4n) is 2.82. The van der Waals surface area contributed by atoms with E-state index in [1.54, 1.807) is 0 Å². The summed E-state index contributed by atoms with van der Waals surface area (Å²) >= 11 is 0. The molecule has 1 unspecified atom stereocenters. The van der Waals surface area contributed by atoms with Crippen molar-refractivity contribution in [2.24, 2.45) is 0 Å². The van der Waals surface area contributed by atoms with Crippen molar-refractivity contribution in [3.63, 3.8) is 0 Å².